The molecule has 1 unspecified atom stereocenters. The van der Waals surface area contributed by atoms with Crippen molar-refractivity contribution in [3.63, 3.8) is 0 Å². The van der Waals surface area contributed by atoms with E-state index in [4.69, 9.17) is 9.47 Å². The topological polar surface area (TPSA) is 76.1 Å². The summed E-state index contributed by atoms with van der Waals surface area (Å²) in [5.74, 6) is -0.494. The second kappa shape index (κ2) is 9.50. The largest absolute Gasteiger partial charge is 0.507 e. The minimum absolute atomic E-state index is 0.0447. The fourth-order valence-corrected chi connectivity index (χ4v) is 4.67. The minimum atomic E-state index is -0.753. The number of Topliss-reactive ketones (excluding diaryl/α,β-unsaturated/α-hetero) is 1. The normalized spacial score (nSPS) is 17.6. The number of carbonyl (C=O) groups excluding carboxylic acids is 2. The van der Waals surface area contributed by atoms with Crippen molar-refractivity contribution in [2.45, 2.75) is 32.9 Å². The molecule has 4 rings (SSSR count). The van der Waals surface area contributed by atoms with Crippen molar-refractivity contribution in [2.75, 3.05) is 11.5 Å². The maximum Gasteiger partial charge on any atom is 0.300 e. The number of thiophene rings is 1. The van der Waals surface area contributed by atoms with Gasteiger partial charge < -0.3 is 14.6 Å². The third-order valence-corrected chi connectivity index (χ3v) is 6.07. The number of benzene rings is 2. The minimum Gasteiger partial charge on any atom is -0.507 e. The Balaban J connectivity index is 1.85. The van der Waals surface area contributed by atoms with Crippen molar-refractivity contribution in [3.8, 4) is 11.5 Å². The smallest absolute Gasteiger partial charge is 0.300 e. The Morgan fingerprint density at radius 3 is 2.52 bits per heavy atom. The van der Waals surface area contributed by atoms with E-state index in [1.807, 2.05) is 38.3 Å². The summed E-state index contributed by atoms with van der Waals surface area (Å²) < 4.78 is 11.3. The number of ether oxygens (including phenoxy) is 2. The first-order valence-corrected chi connectivity index (χ1v) is 11.6. The molecule has 3 aromatic rings. The molecule has 1 saturated heterocycles. The summed E-state index contributed by atoms with van der Waals surface area (Å²) in [5, 5.41) is 13.1. The summed E-state index contributed by atoms with van der Waals surface area (Å²) in [6.07, 6.45) is -0.0447. The zero-order valence-corrected chi connectivity index (χ0v) is 19.5. The Morgan fingerprint density at radius 1 is 1.06 bits per heavy atom. The van der Waals surface area contributed by atoms with Crippen LogP contribution in [0.3, 0.4) is 0 Å². The van der Waals surface area contributed by atoms with Gasteiger partial charge >= 0.3 is 0 Å². The second-order valence-corrected chi connectivity index (χ2v) is 8.79. The lowest BCUT2D eigenvalue weighted by Gasteiger charge is -2.24. The molecule has 33 heavy (non-hydrogen) atoms. The number of ketones is 1. The van der Waals surface area contributed by atoms with Crippen LogP contribution < -0.4 is 14.4 Å². The summed E-state index contributed by atoms with van der Waals surface area (Å²) in [7, 11) is 0. The van der Waals surface area contributed by atoms with E-state index in [0.29, 0.717) is 29.4 Å². The fraction of sp³-hybridized carbons (Fsp3) is 0.231. The van der Waals surface area contributed by atoms with Crippen LogP contribution in [0.15, 0.2) is 71.6 Å². The Bertz CT molecular complexity index is 1200. The number of aliphatic hydroxyl groups excluding tert-OH is 1. The first-order chi connectivity index (χ1) is 15.9. The molecule has 0 spiro atoms. The standard InChI is InChI=1S/C26H25NO5S/c1-4-31-19-10-6-9-18(15-19)27-23(21-12-7-13-33-21)22(25(29)26(27)30)24(28)17-8-5-11-20(14-17)32-16(2)3/h5-16,23,28H,4H2,1-3H3/b24-22-. The quantitative estimate of drug-likeness (QED) is 0.282. The van der Waals surface area contributed by atoms with E-state index in [0.717, 1.165) is 4.88 Å². The van der Waals surface area contributed by atoms with Gasteiger partial charge in [0, 0.05) is 22.2 Å². The number of aliphatic hydroxyl groups is 1. The molecule has 0 aliphatic carbocycles. The van der Waals surface area contributed by atoms with E-state index >= 15 is 0 Å². The number of nitrogens with zero attached hydrogens (tertiary/aromatic N) is 1. The van der Waals surface area contributed by atoms with Gasteiger partial charge in [0.2, 0.25) is 0 Å². The molecule has 1 aliphatic heterocycles. The van der Waals surface area contributed by atoms with Crippen LogP contribution in [0.2, 0.25) is 0 Å². The average molecular weight is 464 g/mol. The molecule has 0 bridgehead atoms. The number of rotatable bonds is 7. The van der Waals surface area contributed by atoms with E-state index in [-0.39, 0.29) is 17.4 Å². The van der Waals surface area contributed by atoms with Crippen LogP contribution in [0, 0.1) is 0 Å². The van der Waals surface area contributed by atoms with Crippen LogP contribution in [0.1, 0.15) is 37.3 Å². The zero-order valence-electron chi connectivity index (χ0n) is 18.6. The predicted octanol–water partition coefficient (Wildman–Crippen LogP) is 5.56. The molecular weight excluding hydrogens is 438 g/mol. The lowest BCUT2D eigenvalue weighted by Crippen LogP contribution is -2.29. The first-order valence-electron chi connectivity index (χ1n) is 10.7. The van der Waals surface area contributed by atoms with Gasteiger partial charge in [-0.2, -0.15) is 0 Å². The van der Waals surface area contributed by atoms with Gasteiger partial charge in [-0.3, -0.25) is 14.5 Å². The zero-order chi connectivity index (χ0) is 23.5. The molecule has 7 heteroatoms. The average Bonchev–Trinajstić information content (AvgIpc) is 3.40. The van der Waals surface area contributed by atoms with Gasteiger partial charge in [0.15, 0.2) is 0 Å². The van der Waals surface area contributed by atoms with Gasteiger partial charge in [-0.05, 0) is 56.5 Å². The Hall–Kier alpha value is -3.58. The van der Waals surface area contributed by atoms with Crippen LogP contribution in [0.4, 0.5) is 5.69 Å². The van der Waals surface area contributed by atoms with Gasteiger partial charge in [0.05, 0.1) is 18.3 Å². The molecule has 6 nitrogen and oxygen atoms in total. The number of anilines is 1. The first kappa shape index (κ1) is 22.6. The lowest BCUT2D eigenvalue weighted by atomic mass is 9.99. The number of hydrogen-bond acceptors (Lipinski definition) is 6. The number of carbonyl (C=O) groups is 2. The molecule has 1 atom stereocenters. The highest BCUT2D eigenvalue weighted by Gasteiger charge is 2.47. The van der Waals surface area contributed by atoms with Gasteiger partial charge in [-0.15, -0.1) is 11.3 Å². The van der Waals surface area contributed by atoms with Gasteiger partial charge in [0.25, 0.3) is 11.7 Å². The van der Waals surface area contributed by atoms with Crippen molar-refractivity contribution >= 4 is 34.5 Å². The molecule has 1 N–H and O–H groups in total. The molecule has 1 aliphatic rings. The molecule has 1 fully saturated rings. The Labute approximate surface area is 196 Å². The molecule has 1 aromatic heterocycles. The summed E-state index contributed by atoms with van der Waals surface area (Å²) in [6.45, 7) is 6.17. The summed E-state index contributed by atoms with van der Waals surface area (Å²) in [5.41, 5.74) is 0.985. The van der Waals surface area contributed by atoms with Crippen LogP contribution in [-0.2, 0) is 9.59 Å². The van der Waals surface area contributed by atoms with E-state index < -0.39 is 17.7 Å². The maximum absolute atomic E-state index is 13.2. The highest BCUT2D eigenvalue weighted by molar-refractivity contribution is 7.10. The monoisotopic (exact) mass is 463 g/mol. The fourth-order valence-electron chi connectivity index (χ4n) is 3.85. The summed E-state index contributed by atoms with van der Waals surface area (Å²) >= 11 is 1.42. The summed E-state index contributed by atoms with van der Waals surface area (Å²) in [6, 6.07) is 16.9. The molecule has 2 heterocycles. The van der Waals surface area contributed by atoms with Crippen molar-refractivity contribution < 1.29 is 24.2 Å². The van der Waals surface area contributed by atoms with E-state index in [1.165, 1.54) is 16.2 Å². The van der Waals surface area contributed by atoms with Crippen LogP contribution in [0.5, 0.6) is 11.5 Å². The van der Waals surface area contributed by atoms with Crippen molar-refractivity contribution in [1.82, 2.24) is 0 Å². The molecule has 2 aromatic carbocycles. The molecule has 170 valence electrons. The van der Waals surface area contributed by atoms with Gasteiger partial charge in [0.1, 0.15) is 23.3 Å². The maximum atomic E-state index is 13.2. The van der Waals surface area contributed by atoms with Gasteiger partial charge in [-0.1, -0.05) is 24.3 Å². The number of hydrogen-bond donors (Lipinski definition) is 1. The molecule has 0 radical (unpaired) electrons. The molecule has 0 saturated carbocycles. The van der Waals surface area contributed by atoms with Crippen molar-refractivity contribution in [2.24, 2.45) is 0 Å². The van der Waals surface area contributed by atoms with Crippen LogP contribution in [0.25, 0.3) is 5.76 Å². The lowest BCUT2D eigenvalue weighted by molar-refractivity contribution is -0.132. The molecular formula is C26H25NO5S. The van der Waals surface area contributed by atoms with E-state index in [9.17, 15) is 14.7 Å². The van der Waals surface area contributed by atoms with Crippen molar-refractivity contribution in [3.05, 3.63) is 82.1 Å². The molecule has 1 amide bonds. The van der Waals surface area contributed by atoms with Crippen LogP contribution >= 0.6 is 11.3 Å². The second-order valence-electron chi connectivity index (χ2n) is 7.81. The van der Waals surface area contributed by atoms with E-state index in [2.05, 4.69) is 0 Å². The third-order valence-electron chi connectivity index (χ3n) is 5.14. The van der Waals surface area contributed by atoms with Crippen molar-refractivity contribution in [1.29, 1.82) is 0 Å². The highest BCUT2D eigenvalue weighted by Crippen LogP contribution is 2.44. The Morgan fingerprint density at radius 2 is 1.82 bits per heavy atom. The van der Waals surface area contributed by atoms with Gasteiger partial charge in [-0.25, -0.2) is 0 Å². The number of amides is 1. The predicted molar refractivity (Wildman–Crippen MR) is 129 cm³/mol. The van der Waals surface area contributed by atoms with Crippen LogP contribution in [-0.4, -0.2) is 29.5 Å². The highest BCUT2D eigenvalue weighted by atomic mass is 32.1. The Kier molecular flexibility index (Phi) is 6.51. The van der Waals surface area contributed by atoms with E-state index in [1.54, 1.807) is 48.5 Å². The third kappa shape index (κ3) is 4.50. The SMILES string of the molecule is CCOc1cccc(N2C(=O)C(=O)/C(=C(\O)c3cccc(OC(C)C)c3)C2c2cccs2)c1. The summed E-state index contributed by atoms with van der Waals surface area (Å²) in [4.78, 5) is 28.6.